The van der Waals surface area contributed by atoms with Crippen molar-refractivity contribution in [2.45, 2.75) is 26.1 Å². The molecular formula is C20H25NO. The molecule has 0 aliphatic heterocycles. The lowest BCUT2D eigenvalue weighted by atomic mass is 10.0. The van der Waals surface area contributed by atoms with Crippen molar-refractivity contribution in [3.8, 4) is 0 Å². The number of aliphatic hydroxyl groups excluding tert-OH is 1. The average molecular weight is 295 g/mol. The molecule has 0 unspecified atom stereocenters. The van der Waals surface area contributed by atoms with Gasteiger partial charge >= 0.3 is 0 Å². The Morgan fingerprint density at radius 1 is 0.955 bits per heavy atom. The maximum Gasteiger partial charge on any atom is 0.0727 e. The third kappa shape index (κ3) is 5.14. The minimum atomic E-state index is -0.398. The van der Waals surface area contributed by atoms with Crippen molar-refractivity contribution in [2.24, 2.45) is 5.92 Å². The minimum absolute atomic E-state index is 0.0917. The Bertz CT molecular complexity index is 511. The van der Waals surface area contributed by atoms with E-state index in [1.54, 1.807) is 0 Å². The highest BCUT2D eigenvalue weighted by atomic mass is 16.3. The molecule has 0 radical (unpaired) electrons. The number of hydrogen-bond donors (Lipinski definition) is 1. The summed E-state index contributed by atoms with van der Waals surface area (Å²) in [4.78, 5) is 2.29. The molecule has 1 N–H and O–H groups in total. The summed E-state index contributed by atoms with van der Waals surface area (Å²) in [6.07, 6.45) is 1.42. The number of benzene rings is 2. The lowest BCUT2D eigenvalue weighted by molar-refractivity contribution is 0.0787. The van der Waals surface area contributed by atoms with Crippen LogP contribution in [-0.2, 0) is 13.1 Å². The third-order valence-corrected chi connectivity index (χ3v) is 3.92. The zero-order valence-corrected chi connectivity index (χ0v) is 13.2. The van der Waals surface area contributed by atoms with Crippen molar-refractivity contribution in [3.05, 3.63) is 84.4 Å². The molecule has 2 atom stereocenters. The van der Waals surface area contributed by atoms with Crippen molar-refractivity contribution in [1.82, 2.24) is 4.90 Å². The Balaban J connectivity index is 2.07. The molecule has 0 saturated carbocycles. The molecule has 2 heteroatoms. The molecule has 0 aliphatic rings. The quantitative estimate of drug-likeness (QED) is 0.747. The van der Waals surface area contributed by atoms with Gasteiger partial charge in [-0.2, -0.15) is 0 Å². The van der Waals surface area contributed by atoms with Gasteiger partial charge in [0.15, 0.2) is 0 Å². The van der Waals surface area contributed by atoms with Crippen LogP contribution in [0, 0.1) is 5.92 Å². The molecule has 116 valence electrons. The number of nitrogens with zero attached hydrogens (tertiary/aromatic N) is 1. The highest BCUT2D eigenvalue weighted by Gasteiger charge is 2.16. The molecular weight excluding hydrogens is 270 g/mol. The van der Waals surface area contributed by atoms with Crippen molar-refractivity contribution in [1.29, 1.82) is 0 Å². The SMILES string of the molecule is C=C[C@H](C)[C@@H](O)CN(Cc1ccccc1)Cc1ccccc1. The molecule has 2 nitrogen and oxygen atoms in total. The van der Waals surface area contributed by atoms with E-state index in [1.165, 1.54) is 11.1 Å². The second kappa shape index (κ2) is 8.52. The van der Waals surface area contributed by atoms with E-state index in [4.69, 9.17) is 0 Å². The van der Waals surface area contributed by atoms with Crippen LogP contribution in [-0.4, -0.2) is 22.7 Å². The summed E-state index contributed by atoms with van der Waals surface area (Å²) in [6, 6.07) is 20.8. The van der Waals surface area contributed by atoms with Crippen LogP contribution in [0.15, 0.2) is 73.3 Å². The summed E-state index contributed by atoms with van der Waals surface area (Å²) in [5.74, 6) is 0.0917. The Hall–Kier alpha value is -1.90. The normalized spacial score (nSPS) is 13.8. The summed E-state index contributed by atoms with van der Waals surface area (Å²) in [6.45, 7) is 8.08. The van der Waals surface area contributed by atoms with Crippen LogP contribution >= 0.6 is 0 Å². The van der Waals surface area contributed by atoms with Gasteiger partial charge in [0.25, 0.3) is 0 Å². The van der Waals surface area contributed by atoms with Gasteiger partial charge in [0.1, 0.15) is 0 Å². The Labute approximate surface area is 133 Å². The molecule has 2 rings (SSSR count). The van der Waals surface area contributed by atoms with Crippen LogP contribution in [0.25, 0.3) is 0 Å². The second-order valence-corrected chi connectivity index (χ2v) is 5.80. The van der Waals surface area contributed by atoms with Gasteiger partial charge in [0.05, 0.1) is 6.10 Å². The topological polar surface area (TPSA) is 23.5 Å². The van der Waals surface area contributed by atoms with E-state index in [-0.39, 0.29) is 5.92 Å². The van der Waals surface area contributed by atoms with Crippen LogP contribution < -0.4 is 0 Å². The first-order chi connectivity index (χ1) is 10.7. The minimum Gasteiger partial charge on any atom is -0.391 e. The van der Waals surface area contributed by atoms with E-state index >= 15 is 0 Å². The average Bonchev–Trinajstić information content (AvgIpc) is 2.55. The smallest absolute Gasteiger partial charge is 0.0727 e. The first kappa shape index (κ1) is 16.5. The van der Waals surface area contributed by atoms with E-state index < -0.39 is 6.10 Å². The predicted octanol–water partition coefficient (Wildman–Crippen LogP) is 3.87. The molecule has 2 aromatic rings. The summed E-state index contributed by atoms with van der Waals surface area (Å²) in [7, 11) is 0. The van der Waals surface area contributed by atoms with Gasteiger partial charge < -0.3 is 5.11 Å². The van der Waals surface area contributed by atoms with Crippen LogP contribution in [0.3, 0.4) is 0 Å². The zero-order valence-electron chi connectivity index (χ0n) is 13.2. The third-order valence-electron chi connectivity index (χ3n) is 3.92. The fourth-order valence-electron chi connectivity index (χ4n) is 2.46. The van der Waals surface area contributed by atoms with Gasteiger partial charge in [-0.25, -0.2) is 0 Å². The first-order valence-corrected chi connectivity index (χ1v) is 7.80. The lowest BCUT2D eigenvalue weighted by Crippen LogP contribution is -2.34. The van der Waals surface area contributed by atoms with Crippen LogP contribution in [0.1, 0.15) is 18.1 Å². The Morgan fingerprint density at radius 3 is 1.82 bits per heavy atom. The number of rotatable bonds is 8. The van der Waals surface area contributed by atoms with Gasteiger partial charge in [-0.1, -0.05) is 73.7 Å². The van der Waals surface area contributed by atoms with Gasteiger partial charge in [0.2, 0.25) is 0 Å². The monoisotopic (exact) mass is 295 g/mol. The van der Waals surface area contributed by atoms with E-state index in [0.717, 1.165) is 13.1 Å². The van der Waals surface area contributed by atoms with Crippen molar-refractivity contribution >= 4 is 0 Å². The summed E-state index contributed by atoms with van der Waals surface area (Å²) >= 11 is 0. The van der Waals surface area contributed by atoms with Gasteiger partial charge in [0, 0.05) is 25.6 Å². The molecule has 2 aromatic carbocycles. The Kier molecular flexibility index (Phi) is 6.38. The highest BCUT2D eigenvalue weighted by Crippen LogP contribution is 2.13. The predicted molar refractivity (Wildman–Crippen MR) is 92.4 cm³/mol. The van der Waals surface area contributed by atoms with E-state index in [9.17, 15) is 5.11 Å². The number of hydrogen-bond acceptors (Lipinski definition) is 2. The lowest BCUT2D eigenvalue weighted by Gasteiger charge is -2.27. The van der Waals surface area contributed by atoms with Crippen LogP contribution in [0.4, 0.5) is 0 Å². The second-order valence-electron chi connectivity index (χ2n) is 5.80. The maximum atomic E-state index is 10.3. The fourth-order valence-corrected chi connectivity index (χ4v) is 2.46. The molecule has 0 spiro atoms. The largest absolute Gasteiger partial charge is 0.391 e. The fraction of sp³-hybridized carbons (Fsp3) is 0.300. The van der Waals surface area contributed by atoms with E-state index in [1.807, 2.05) is 25.1 Å². The molecule has 0 aromatic heterocycles. The van der Waals surface area contributed by atoms with Crippen molar-refractivity contribution < 1.29 is 5.11 Å². The van der Waals surface area contributed by atoms with Crippen LogP contribution in [0.2, 0.25) is 0 Å². The summed E-state index contributed by atoms with van der Waals surface area (Å²) in [5, 5.41) is 10.3. The van der Waals surface area contributed by atoms with Crippen molar-refractivity contribution in [2.75, 3.05) is 6.54 Å². The standard InChI is InChI=1S/C20H25NO/c1-3-17(2)20(22)16-21(14-18-10-6-4-7-11-18)15-19-12-8-5-9-13-19/h3-13,17,20,22H,1,14-16H2,2H3/t17-,20-/m0/s1. The van der Waals surface area contributed by atoms with E-state index in [2.05, 4.69) is 60.0 Å². The molecule has 0 aliphatic carbocycles. The molecule has 0 heterocycles. The Morgan fingerprint density at radius 2 is 1.41 bits per heavy atom. The molecule has 0 fully saturated rings. The summed E-state index contributed by atoms with van der Waals surface area (Å²) < 4.78 is 0. The van der Waals surface area contributed by atoms with Gasteiger partial charge in [-0.15, -0.1) is 6.58 Å². The first-order valence-electron chi connectivity index (χ1n) is 7.80. The highest BCUT2D eigenvalue weighted by molar-refractivity contribution is 5.17. The zero-order chi connectivity index (χ0) is 15.8. The van der Waals surface area contributed by atoms with Crippen LogP contribution in [0.5, 0.6) is 0 Å². The molecule has 0 amide bonds. The maximum absolute atomic E-state index is 10.3. The number of aliphatic hydroxyl groups is 1. The van der Waals surface area contributed by atoms with Crippen molar-refractivity contribution in [3.63, 3.8) is 0 Å². The van der Waals surface area contributed by atoms with Gasteiger partial charge in [-0.05, 0) is 11.1 Å². The van der Waals surface area contributed by atoms with Gasteiger partial charge in [-0.3, -0.25) is 4.90 Å². The molecule has 0 saturated heterocycles. The molecule has 22 heavy (non-hydrogen) atoms. The molecule has 0 bridgehead atoms. The summed E-state index contributed by atoms with van der Waals surface area (Å²) in [5.41, 5.74) is 2.52. The van der Waals surface area contributed by atoms with E-state index in [0.29, 0.717) is 6.54 Å².